The van der Waals surface area contributed by atoms with Crippen LogP contribution in [0.25, 0.3) is 10.6 Å². The number of rotatable bonds is 4. The maximum atomic E-state index is 12.4. The molecule has 0 N–H and O–H groups in total. The molecule has 3 aromatic heterocycles. The highest BCUT2D eigenvalue weighted by Crippen LogP contribution is 2.31. The summed E-state index contributed by atoms with van der Waals surface area (Å²) in [5.41, 5.74) is 3.63. The fourth-order valence-electron chi connectivity index (χ4n) is 3.18. The summed E-state index contributed by atoms with van der Waals surface area (Å²) in [5.74, 6) is 0.0918. The molecular formula is C19H20N4OS2. The molecule has 0 spiro atoms. The largest absolute Gasteiger partial charge is 0.339 e. The molecule has 1 aliphatic heterocycles. The predicted octanol–water partition coefficient (Wildman–Crippen LogP) is 4.11. The lowest BCUT2D eigenvalue weighted by atomic mass is 10.2. The maximum absolute atomic E-state index is 12.4. The molecule has 7 heteroatoms. The van der Waals surface area contributed by atoms with Crippen LogP contribution in [0.2, 0.25) is 0 Å². The summed E-state index contributed by atoms with van der Waals surface area (Å²) in [6.45, 7) is 5.76. The lowest BCUT2D eigenvalue weighted by molar-refractivity contribution is 0.0792. The molecule has 4 heterocycles. The van der Waals surface area contributed by atoms with Crippen molar-refractivity contribution in [3.8, 4) is 10.6 Å². The topological polar surface area (TPSA) is 59.0 Å². The summed E-state index contributed by atoms with van der Waals surface area (Å²) in [4.78, 5) is 29.1. The average Bonchev–Trinajstić information content (AvgIpc) is 3.36. The van der Waals surface area contributed by atoms with Crippen molar-refractivity contribution in [1.29, 1.82) is 0 Å². The van der Waals surface area contributed by atoms with Gasteiger partial charge >= 0.3 is 0 Å². The van der Waals surface area contributed by atoms with Crippen LogP contribution in [0.1, 0.15) is 44.6 Å². The van der Waals surface area contributed by atoms with Gasteiger partial charge in [0.15, 0.2) is 0 Å². The van der Waals surface area contributed by atoms with E-state index >= 15 is 0 Å². The predicted molar refractivity (Wildman–Crippen MR) is 105 cm³/mol. The Hall–Kier alpha value is -2.12. The van der Waals surface area contributed by atoms with Gasteiger partial charge in [-0.15, -0.1) is 22.7 Å². The number of carbonyl (C=O) groups excluding carboxylic acids is 1. The second-order valence-corrected chi connectivity index (χ2v) is 8.63. The van der Waals surface area contributed by atoms with Crippen LogP contribution >= 0.6 is 22.7 Å². The summed E-state index contributed by atoms with van der Waals surface area (Å²) in [5, 5.41) is 4.17. The van der Waals surface area contributed by atoms with Gasteiger partial charge in [-0.3, -0.25) is 9.78 Å². The Kier molecular flexibility index (Phi) is 4.82. The molecule has 5 nitrogen and oxygen atoms in total. The summed E-state index contributed by atoms with van der Waals surface area (Å²) in [7, 11) is 0. The minimum Gasteiger partial charge on any atom is -0.339 e. The number of likely N-dealkylation sites (tertiary alicyclic amines) is 1. The van der Waals surface area contributed by atoms with Gasteiger partial charge in [-0.25, -0.2) is 9.97 Å². The van der Waals surface area contributed by atoms with E-state index in [9.17, 15) is 4.79 Å². The number of thiazole rings is 2. The molecule has 0 aliphatic carbocycles. The molecule has 4 rings (SSSR count). The highest BCUT2D eigenvalue weighted by atomic mass is 32.1. The van der Waals surface area contributed by atoms with Crippen LogP contribution in [-0.4, -0.2) is 38.8 Å². The van der Waals surface area contributed by atoms with Crippen molar-refractivity contribution < 1.29 is 4.79 Å². The van der Waals surface area contributed by atoms with E-state index in [1.807, 2.05) is 30.9 Å². The third-order valence-corrected chi connectivity index (χ3v) is 6.43. The molecule has 0 atom stereocenters. The van der Waals surface area contributed by atoms with E-state index in [2.05, 4.69) is 15.3 Å². The van der Waals surface area contributed by atoms with E-state index in [0.29, 0.717) is 12.0 Å². The molecule has 1 fully saturated rings. The Bertz CT molecular complexity index is 923. The zero-order valence-electron chi connectivity index (χ0n) is 14.9. The van der Waals surface area contributed by atoms with Crippen LogP contribution in [0, 0.1) is 13.8 Å². The Morgan fingerprint density at radius 2 is 2.00 bits per heavy atom. The van der Waals surface area contributed by atoms with Gasteiger partial charge in [0.1, 0.15) is 0 Å². The Morgan fingerprint density at radius 3 is 2.65 bits per heavy atom. The van der Waals surface area contributed by atoms with Gasteiger partial charge in [0.25, 0.3) is 5.91 Å². The highest BCUT2D eigenvalue weighted by Gasteiger charge is 2.19. The molecule has 26 heavy (non-hydrogen) atoms. The monoisotopic (exact) mass is 384 g/mol. The maximum Gasteiger partial charge on any atom is 0.255 e. The minimum atomic E-state index is 0.0918. The van der Waals surface area contributed by atoms with Crippen LogP contribution in [0.15, 0.2) is 23.7 Å². The number of aryl methyl sites for hydroxylation is 2. The molecule has 134 valence electrons. The van der Waals surface area contributed by atoms with Crippen molar-refractivity contribution in [1.82, 2.24) is 19.9 Å². The first-order valence-electron chi connectivity index (χ1n) is 8.73. The van der Waals surface area contributed by atoms with E-state index in [-0.39, 0.29) is 5.91 Å². The van der Waals surface area contributed by atoms with Gasteiger partial charge in [0.2, 0.25) is 0 Å². The fraction of sp³-hybridized carbons (Fsp3) is 0.368. The summed E-state index contributed by atoms with van der Waals surface area (Å²) in [6.07, 6.45) is 4.58. The van der Waals surface area contributed by atoms with Crippen molar-refractivity contribution in [3.63, 3.8) is 0 Å². The zero-order chi connectivity index (χ0) is 18.1. The zero-order valence-corrected chi connectivity index (χ0v) is 16.5. The number of hydrogen-bond acceptors (Lipinski definition) is 6. The summed E-state index contributed by atoms with van der Waals surface area (Å²) >= 11 is 3.32. The summed E-state index contributed by atoms with van der Waals surface area (Å²) < 4.78 is 0. The number of nitrogens with zero attached hydrogens (tertiary/aromatic N) is 4. The van der Waals surface area contributed by atoms with E-state index in [0.717, 1.165) is 57.9 Å². The van der Waals surface area contributed by atoms with E-state index < -0.39 is 0 Å². The standard InChI is InChI=1S/C19H20N4OS2/c1-12-18(26-13(2)21-12)16-11-25-17(22-16)9-15-6-5-14(10-20-15)19(24)23-7-3-4-8-23/h5-6,10-11H,3-4,7-9H2,1-2H3. The number of amides is 1. The fourth-order valence-corrected chi connectivity index (χ4v) is 4.93. The van der Waals surface area contributed by atoms with Crippen LogP contribution in [-0.2, 0) is 6.42 Å². The molecular weight excluding hydrogens is 364 g/mol. The Balaban J connectivity index is 1.46. The molecule has 1 saturated heterocycles. The molecule has 0 radical (unpaired) electrons. The van der Waals surface area contributed by atoms with Crippen molar-refractivity contribution in [2.75, 3.05) is 13.1 Å². The average molecular weight is 385 g/mol. The van der Waals surface area contributed by atoms with Crippen molar-refractivity contribution in [3.05, 3.63) is 50.7 Å². The number of hydrogen-bond donors (Lipinski definition) is 0. The molecule has 0 saturated carbocycles. The molecule has 0 aromatic carbocycles. The molecule has 0 bridgehead atoms. The molecule has 3 aromatic rings. The molecule has 1 amide bonds. The minimum absolute atomic E-state index is 0.0918. The third kappa shape index (κ3) is 3.54. The second-order valence-electron chi connectivity index (χ2n) is 6.49. The second kappa shape index (κ2) is 7.25. The number of carbonyl (C=O) groups is 1. The van der Waals surface area contributed by atoms with Crippen LogP contribution in [0.4, 0.5) is 0 Å². The van der Waals surface area contributed by atoms with Gasteiger partial charge < -0.3 is 4.90 Å². The third-order valence-electron chi connectivity index (χ3n) is 4.49. The first-order valence-corrected chi connectivity index (χ1v) is 10.4. The molecule has 0 unspecified atom stereocenters. The quantitative estimate of drug-likeness (QED) is 0.679. The van der Waals surface area contributed by atoms with Gasteiger partial charge in [0.05, 0.1) is 31.8 Å². The Morgan fingerprint density at radius 1 is 1.19 bits per heavy atom. The van der Waals surface area contributed by atoms with Crippen LogP contribution in [0.5, 0.6) is 0 Å². The lowest BCUT2D eigenvalue weighted by Crippen LogP contribution is -2.27. The van der Waals surface area contributed by atoms with E-state index in [1.54, 1.807) is 28.9 Å². The normalized spacial score (nSPS) is 14.2. The smallest absolute Gasteiger partial charge is 0.255 e. The van der Waals surface area contributed by atoms with Crippen molar-refractivity contribution in [2.45, 2.75) is 33.1 Å². The van der Waals surface area contributed by atoms with Gasteiger partial charge in [-0.1, -0.05) is 0 Å². The van der Waals surface area contributed by atoms with E-state index in [1.165, 1.54) is 0 Å². The number of aromatic nitrogens is 3. The van der Waals surface area contributed by atoms with E-state index in [4.69, 9.17) is 4.98 Å². The van der Waals surface area contributed by atoms with Crippen molar-refractivity contribution in [2.24, 2.45) is 0 Å². The van der Waals surface area contributed by atoms with Crippen molar-refractivity contribution >= 4 is 28.6 Å². The SMILES string of the molecule is Cc1nc(C)c(-c2csc(Cc3ccc(C(=O)N4CCCC4)cn3)n2)s1. The van der Waals surface area contributed by atoms with Crippen LogP contribution < -0.4 is 0 Å². The van der Waals surface area contributed by atoms with Gasteiger partial charge in [-0.05, 0) is 38.8 Å². The van der Waals surface area contributed by atoms with Gasteiger partial charge in [0, 0.05) is 36.8 Å². The molecule has 1 aliphatic rings. The Labute approximate surface area is 160 Å². The highest BCUT2D eigenvalue weighted by molar-refractivity contribution is 7.15. The van der Waals surface area contributed by atoms with Gasteiger partial charge in [-0.2, -0.15) is 0 Å². The first-order chi connectivity index (χ1) is 12.6. The number of pyridine rings is 1. The summed E-state index contributed by atoms with van der Waals surface area (Å²) in [6, 6.07) is 3.82. The first kappa shape index (κ1) is 17.3. The van der Waals surface area contributed by atoms with Crippen LogP contribution in [0.3, 0.4) is 0 Å². The lowest BCUT2D eigenvalue weighted by Gasteiger charge is -2.14.